The first-order chi connectivity index (χ1) is 8.28. The predicted molar refractivity (Wildman–Crippen MR) is 65.4 cm³/mol. The van der Waals surface area contributed by atoms with Crippen molar-refractivity contribution in [3.63, 3.8) is 0 Å². The average Bonchev–Trinajstić information content (AvgIpc) is 3.08. The summed E-state index contributed by atoms with van der Waals surface area (Å²) in [4.78, 5) is 4.49. The van der Waals surface area contributed by atoms with Gasteiger partial charge in [0.05, 0.1) is 12.7 Å². The fraction of sp³-hybridized carbons (Fsp3) is 0.333. The van der Waals surface area contributed by atoms with Gasteiger partial charge >= 0.3 is 0 Å². The molecule has 0 radical (unpaired) electrons. The molecule has 0 atom stereocenters. The topological polar surface area (TPSA) is 50.8 Å². The van der Waals surface area contributed by atoms with Crippen molar-refractivity contribution >= 4 is 11.6 Å². The van der Waals surface area contributed by atoms with Gasteiger partial charge in [0.15, 0.2) is 5.82 Å². The SMILES string of the molecule is COc1cc(Cl)ccc1-c1n[nH]c(C2CC2)n1. The third-order valence-electron chi connectivity index (χ3n) is 2.87. The Hall–Kier alpha value is -1.55. The largest absolute Gasteiger partial charge is 0.496 e. The number of hydrogen-bond acceptors (Lipinski definition) is 3. The smallest absolute Gasteiger partial charge is 0.184 e. The fourth-order valence-electron chi connectivity index (χ4n) is 1.78. The molecule has 1 aromatic heterocycles. The van der Waals surface area contributed by atoms with Crippen LogP contribution in [0.1, 0.15) is 24.6 Å². The van der Waals surface area contributed by atoms with Crippen molar-refractivity contribution in [3.05, 3.63) is 29.0 Å². The van der Waals surface area contributed by atoms with Gasteiger partial charge in [-0.3, -0.25) is 5.10 Å². The lowest BCUT2D eigenvalue weighted by Crippen LogP contribution is -1.89. The van der Waals surface area contributed by atoms with Crippen LogP contribution in [0.4, 0.5) is 0 Å². The number of hydrogen-bond donors (Lipinski definition) is 1. The quantitative estimate of drug-likeness (QED) is 0.910. The molecule has 1 aliphatic carbocycles. The molecule has 1 saturated carbocycles. The second-order valence-electron chi connectivity index (χ2n) is 4.16. The highest BCUT2D eigenvalue weighted by atomic mass is 35.5. The molecule has 0 bridgehead atoms. The summed E-state index contributed by atoms with van der Waals surface area (Å²) < 4.78 is 5.29. The van der Waals surface area contributed by atoms with Crippen LogP contribution in [-0.4, -0.2) is 22.3 Å². The van der Waals surface area contributed by atoms with E-state index in [4.69, 9.17) is 16.3 Å². The van der Waals surface area contributed by atoms with Gasteiger partial charge in [0, 0.05) is 10.9 Å². The van der Waals surface area contributed by atoms with Gasteiger partial charge in [0.1, 0.15) is 11.6 Å². The molecule has 0 unspecified atom stereocenters. The first kappa shape index (κ1) is 10.6. The van der Waals surface area contributed by atoms with Gasteiger partial charge in [0.25, 0.3) is 0 Å². The van der Waals surface area contributed by atoms with Gasteiger partial charge < -0.3 is 4.74 Å². The first-order valence-corrected chi connectivity index (χ1v) is 5.92. The fourth-order valence-corrected chi connectivity index (χ4v) is 1.95. The van der Waals surface area contributed by atoms with E-state index in [0.29, 0.717) is 22.5 Å². The van der Waals surface area contributed by atoms with E-state index in [-0.39, 0.29) is 0 Å². The molecule has 1 heterocycles. The monoisotopic (exact) mass is 249 g/mol. The number of ether oxygens (including phenoxy) is 1. The molecule has 0 saturated heterocycles. The third-order valence-corrected chi connectivity index (χ3v) is 3.11. The maximum Gasteiger partial charge on any atom is 0.184 e. The second kappa shape index (κ2) is 4.04. The Bertz CT molecular complexity index is 548. The van der Waals surface area contributed by atoms with Crippen LogP contribution in [-0.2, 0) is 0 Å². The Morgan fingerprint density at radius 1 is 1.41 bits per heavy atom. The highest BCUT2D eigenvalue weighted by molar-refractivity contribution is 6.30. The Balaban J connectivity index is 2.01. The lowest BCUT2D eigenvalue weighted by atomic mass is 10.2. The van der Waals surface area contributed by atoms with Crippen LogP contribution in [0.5, 0.6) is 5.75 Å². The molecular formula is C12H12ClN3O. The molecule has 1 fully saturated rings. The van der Waals surface area contributed by atoms with Crippen LogP contribution in [0.3, 0.4) is 0 Å². The van der Waals surface area contributed by atoms with Crippen LogP contribution in [0.25, 0.3) is 11.4 Å². The Morgan fingerprint density at radius 2 is 2.24 bits per heavy atom. The van der Waals surface area contributed by atoms with E-state index in [1.165, 1.54) is 12.8 Å². The highest BCUT2D eigenvalue weighted by Crippen LogP contribution is 2.39. The first-order valence-electron chi connectivity index (χ1n) is 5.54. The number of rotatable bonds is 3. The maximum absolute atomic E-state index is 5.92. The van der Waals surface area contributed by atoms with Gasteiger partial charge in [-0.15, -0.1) is 0 Å². The summed E-state index contributed by atoms with van der Waals surface area (Å²) in [5, 5.41) is 7.85. The van der Waals surface area contributed by atoms with Crippen molar-refractivity contribution in [2.24, 2.45) is 0 Å². The summed E-state index contributed by atoms with van der Waals surface area (Å²) in [5.41, 5.74) is 0.861. The summed E-state index contributed by atoms with van der Waals surface area (Å²) in [5.74, 6) is 2.89. The van der Waals surface area contributed by atoms with E-state index in [1.807, 2.05) is 12.1 Å². The highest BCUT2D eigenvalue weighted by Gasteiger charge is 2.27. The zero-order valence-electron chi connectivity index (χ0n) is 9.40. The molecule has 1 N–H and O–H groups in total. The van der Waals surface area contributed by atoms with Crippen LogP contribution < -0.4 is 4.74 Å². The molecule has 3 rings (SSSR count). The summed E-state index contributed by atoms with van der Waals surface area (Å²) in [6.07, 6.45) is 2.40. The molecule has 0 aliphatic heterocycles. The summed E-state index contributed by atoms with van der Waals surface area (Å²) >= 11 is 5.92. The Morgan fingerprint density at radius 3 is 2.94 bits per heavy atom. The Labute approximate surface area is 104 Å². The standard InChI is InChI=1S/C12H12ClN3O/c1-17-10-6-8(13)4-5-9(10)12-14-11(15-16-12)7-2-3-7/h4-7H,2-3H2,1H3,(H,14,15,16). The van der Waals surface area contributed by atoms with Crippen molar-refractivity contribution in [1.29, 1.82) is 0 Å². The van der Waals surface area contributed by atoms with E-state index in [9.17, 15) is 0 Å². The number of H-pyrrole nitrogens is 1. The lowest BCUT2D eigenvalue weighted by Gasteiger charge is -2.05. The van der Waals surface area contributed by atoms with Crippen LogP contribution in [0, 0.1) is 0 Å². The molecular weight excluding hydrogens is 238 g/mol. The summed E-state index contributed by atoms with van der Waals surface area (Å²) in [7, 11) is 1.61. The minimum Gasteiger partial charge on any atom is -0.496 e. The van der Waals surface area contributed by atoms with Gasteiger partial charge in [0.2, 0.25) is 0 Å². The maximum atomic E-state index is 5.92. The minimum absolute atomic E-state index is 0.564. The van der Waals surface area contributed by atoms with E-state index >= 15 is 0 Å². The molecule has 88 valence electrons. The molecule has 1 aromatic carbocycles. The van der Waals surface area contributed by atoms with Crippen molar-refractivity contribution in [2.75, 3.05) is 7.11 Å². The minimum atomic E-state index is 0.564. The summed E-state index contributed by atoms with van der Waals surface area (Å²) in [6.45, 7) is 0. The van der Waals surface area contributed by atoms with Crippen molar-refractivity contribution < 1.29 is 4.74 Å². The molecule has 5 heteroatoms. The van der Waals surface area contributed by atoms with E-state index < -0.39 is 0 Å². The number of methoxy groups -OCH3 is 1. The van der Waals surface area contributed by atoms with Gasteiger partial charge in [-0.1, -0.05) is 11.6 Å². The Kier molecular flexibility index (Phi) is 2.52. The predicted octanol–water partition coefficient (Wildman–Crippen LogP) is 3.01. The van der Waals surface area contributed by atoms with Crippen LogP contribution >= 0.6 is 11.6 Å². The third kappa shape index (κ3) is 2.00. The van der Waals surface area contributed by atoms with E-state index in [0.717, 1.165) is 11.4 Å². The normalized spacial score (nSPS) is 14.9. The number of nitrogens with zero attached hydrogens (tertiary/aromatic N) is 2. The number of aromatic nitrogens is 3. The average molecular weight is 250 g/mol. The molecule has 17 heavy (non-hydrogen) atoms. The van der Waals surface area contributed by atoms with Crippen molar-refractivity contribution in [3.8, 4) is 17.1 Å². The van der Waals surface area contributed by atoms with E-state index in [1.54, 1.807) is 13.2 Å². The van der Waals surface area contributed by atoms with Crippen LogP contribution in [0.15, 0.2) is 18.2 Å². The van der Waals surface area contributed by atoms with Gasteiger partial charge in [-0.05, 0) is 31.0 Å². The molecule has 2 aromatic rings. The van der Waals surface area contributed by atoms with E-state index in [2.05, 4.69) is 15.2 Å². The summed E-state index contributed by atoms with van der Waals surface area (Å²) in [6, 6.07) is 5.46. The van der Waals surface area contributed by atoms with Gasteiger partial charge in [-0.2, -0.15) is 5.10 Å². The van der Waals surface area contributed by atoms with Gasteiger partial charge in [-0.25, -0.2) is 4.98 Å². The second-order valence-corrected chi connectivity index (χ2v) is 4.60. The number of aromatic amines is 1. The van der Waals surface area contributed by atoms with Crippen molar-refractivity contribution in [1.82, 2.24) is 15.2 Å². The lowest BCUT2D eigenvalue weighted by molar-refractivity contribution is 0.416. The molecule has 0 spiro atoms. The molecule has 4 nitrogen and oxygen atoms in total. The number of nitrogens with one attached hydrogen (secondary N) is 1. The van der Waals surface area contributed by atoms with Crippen molar-refractivity contribution in [2.45, 2.75) is 18.8 Å². The number of halogens is 1. The number of benzene rings is 1. The molecule has 0 amide bonds. The van der Waals surface area contributed by atoms with Crippen LogP contribution in [0.2, 0.25) is 5.02 Å². The zero-order chi connectivity index (χ0) is 11.8. The zero-order valence-corrected chi connectivity index (χ0v) is 10.2. The molecule has 1 aliphatic rings.